The van der Waals surface area contributed by atoms with Crippen LogP contribution in [0.4, 0.5) is 0 Å². The maximum absolute atomic E-state index is 11.6. The summed E-state index contributed by atoms with van der Waals surface area (Å²) in [4.78, 5) is 11.6. The molecule has 1 amide bonds. The van der Waals surface area contributed by atoms with E-state index in [-0.39, 0.29) is 5.91 Å². The van der Waals surface area contributed by atoms with Crippen LogP contribution in [-0.4, -0.2) is 31.5 Å². The van der Waals surface area contributed by atoms with Crippen LogP contribution in [0.15, 0.2) is 15.2 Å². The van der Waals surface area contributed by atoms with E-state index in [1.165, 1.54) is 11.3 Å². The molecule has 0 aliphatic carbocycles. The van der Waals surface area contributed by atoms with Crippen LogP contribution in [0, 0.1) is 0 Å². The maximum atomic E-state index is 11.6. The number of hydrogen-bond donors (Lipinski definition) is 1. The van der Waals surface area contributed by atoms with Gasteiger partial charge in [-0.05, 0) is 28.4 Å². The molecule has 0 radical (unpaired) electrons. The number of amides is 1. The van der Waals surface area contributed by atoms with Crippen molar-refractivity contribution in [3.05, 3.63) is 20.8 Å². The zero-order chi connectivity index (χ0) is 11.8. The lowest BCUT2D eigenvalue weighted by molar-refractivity contribution is 0.0945. The number of ether oxygens (including phenoxy) is 1. The minimum absolute atomic E-state index is 0.0423. The third-order valence-corrected chi connectivity index (χ3v) is 3.46. The molecular formula is C10H13BrClNO2S. The molecule has 0 saturated heterocycles. The van der Waals surface area contributed by atoms with Gasteiger partial charge in [0.1, 0.15) is 0 Å². The summed E-state index contributed by atoms with van der Waals surface area (Å²) in [5.74, 6) is 0.467. The first-order valence-corrected chi connectivity index (χ1v) is 7.10. The number of hydrogen-bond acceptors (Lipinski definition) is 3. The van der Waals surface area contributed by atoms with Gasteiger partial charge in [0, 0.05) is 24.4 Å². The molecule has 16 heavy (non-hydrogen) atoms. The molecule has 90 valence electrons. The number of nitrogens with one attached hydrogen (secondary N) is 1. The number of rotatable bonds is 7. The molecule has 0 saturated carbocycles. The molecule has 1 aromatic heterocycles. The normalized spacial score (nSPS) is 10.4. The Morgan fingerprint density at radius 1 is 1.56 bits per heavy atom. The summed E-state index contributed by atoms with van der Waals surface area (Å²) in [7, 11) is 0. The highest BCUT2D eigenvalue weighted by Crippen LogP contribution is 2.20. The van der Waals surface area contributed by atoms with Crippen molar-refractivity contribution in [2.45, 2.75) is 6.42 Å². The number of carbonyl (C=O) groups excluding carboxylic acids is 1. The summed E-state index contributed by atoms with van der Waals surface area (Å²) >= 11 is 10.3. The standard InChI is InChI=1S/C10H13BrClNO2S/c11-9-6-8(7-16-9)10(14)13-3-1-4-15-5-2-12/h6-7H,1-5H2,(H,13,14). The highest BCUT2D eigenvalue weighted by molar-refractivity contribution is 9.11. The van der Waals surface area contributed by atoms with Crippen LogP contribution in [0.5, 0.6) is 0 Å². The maximum Gasteiger partial charge on any atom is 0.252 e. The molecule has 1 aromatic rings. The van der Waals surface area contributed by atoms with Crippen molar-refractivity contribution in [1.29, 1.82) is 0 Å². The highest BCUT2D eigenvalue weighted by Gasteiger charge is 2.06. The molecule has 0 aromatic carbocycles. The van der Waals surface area contributed by atoms with Gasteiger partial charge >= 0.3 is 0 Å². The average Bonchev–Trinajstić information content (AvgIpc) is 2.70. The minimum Gasteiger partial charge on any atom is -0.380 e. The van der Waals surface area contributed by atoms with Crippen LogP contribution >= 0.6 is 38.9 Å². The molecular weight excluding hydrogens is 314 g/mol. The fraction of sp³-hybridized carbons (Fsp3) is 0.500. The Morgan fingerprint density at radius 3 is 3.00 bits per heavy atom. The van der Waals surface area contributed by atoms with Gasteiger partial charge in [-0.25, -0.2) is 0 Å². The van der Waals surface area contributed by atoms with Crippen LogP contribution in [-0.2, 0) is 4.74 Å². The van der Waals surface area contributed by atoms with Crippen molar-refractivity contribution in [2.24, 2.45) is 0 Å². The largest absolute Gasteiger partial charge is 0.380 e. The van der Waals surface area contributed by atoms with Crippen molar-refractivity contribution in [1.82, 2.24) is 5.32 Å². The zero-order valence-electron chi connectivity index (χ0n) is 8.67. The molecule has 1 rings (SSSR count). The number of carbonyl (C=O) groups is 1. The summed E-state index contributed by atoms with van der Waals surface area (Å²) in [6.07, 6.45) is 0.800. The third kappa shape index (κ3) is 5.30. The molecule has 1 heterocycles. The van der Waals surface area contributed by atoms with E-state index in [1.54, 1.807) is 0 Å². The fourth-order valence-corrected chi connectivity index (χ4v) is 2.31. The van der Waals surface area contributed by atoms with E-state index in [0.29, 0.717) is 31.2 Å². The molecule has 0 fully saturated rings. The fourth-order valence-electron chi connectivity index (χ4n) is 1.06. The molecule has 0 aliphatic rings. The molecule has 0 aliphatic heterocycles. The van der Waals surface area contributed by atoms with Gasteiger partial charge in [-0.2, -0.15) is 0 Å². The van der Waals surface area contributed by atoms with Gasteiger partial charge in [0.2, 0.25) is 0 Å². The summed E-state index contributed by atoms with van der Waals surface area (Å²) in [6.45, 7) is 1.81. The van der Waals surface area contributed by atoms with Crippen molar-refractivity contribution < 1.29 is 9.53 Å². The van der Waals surface area contributed by atoms with Gasteiger partial charge < -0.3 is 10.1 Å². The molecule has 0 unspecified atom stereocenters. The monoisotopic (exact) mass is 325 g/mol. The van der Waals surface area contributed by atoms with Gasteiger partial charge in [0.05, 0.1) is 16.0 Å². The Balaban J connectivity index is 2.11. The van der Waals surface area contributed by atoms with Crippen molar-refractivity contribution in [3.8, 4) is 0 Å². The van der Waals surface area contributed by atoms with Gasteiger partial charge in [-0.15, -0.1) is 22.9 Å². The summed E-state index contributed by atoms with van der Waals surface area (Å²) in [5.41, 5.74) is 0.693. The van der Waals surface area contributed by atoms with E-state index in [2.05, 4.69) is 21.2 Å². The lowest BCUT2D eigenvalue weighted by Gasteiger charge is -2.04. The highest BCUT2D eigenvalue weighted by atomic mass is 79.9. The molecule has 0 atom stereocenters. The number of alkyl halides is 1. The van der Waals surface area contributed by atoms with Crippen LogP contribution in [0.2, 0.25) is 0 Å². The van der Waals surface area contributed by atoms with E-state index in [0.717, 1.165) is 10.2 Å². The molecule has 3 nitrogen and oxygen atoms in total. The van der Waals surface area contributed by atoms with E-state index in [9.17, 15) is 4.79 Å². The Hall–Kier alpha value is -0.100. The lowest BCUT2D eigenvalue weighted by Crippen LogP contribution is -2.24. The van der Waals surface area contributed by atoms with Crippen LogP contribution in [0.3, 0.4) is 0 Å². The minimum atomic E-state index is -0.0423. The Kier molecular flexibility index (Phi) is 7.03. The van der Waals surface area contributed by atoms with E-state index in [4.69, 9.17) is 16.3 Å². The van der Waals surface area contributed by atoms with Crippen LogP contribution in [0.1, 0.15) is 16.8 Å². The van der Waals surface area contributed by atoms with Gasteiger partial charge in [0.15, 0.2) is 0 Å². The van der Waals surface area contributed by atoms with E-state index < -0.39 is 0 Å². The second-order valence-electron chi connectivity index (χ2n) is 3.05. The smallest absolute Gasteiger partial charge is 0.252 e. The van der Waals surface area contributed by atoms with Crippen molar-refractivity contribution >= 4 is 44.8 Å². The first kappa shape index (κ1) is 14.0. The molecule has 1 N–H and O–H groups in total. The Bertz CT molecular complexity index is 332. The predicted molar refractivity (Wildman–Crippen MR) is 70.5 cm³/mol. The Morgan fingerprint density at radius 2 is 2.38 bits per heavy atom. The third-order valence-electron chi connectivity index (χ3n) is 1.80. The zero-order valence-corrected chi connectivity index (χ0v) is 11.8. The lowest BCUT2D eigenvalue weighted by atomic mass is 10.3. The van der Waals surface area contributed by atoms with Crippen LogP contribution in [0.25, 0.3) is 0 Å². The summed E-state index contributed by atoms with van der Waals surface area (Å²) in [6, 6.07) is 1.81. The Labute approximate surface area is 112 Å². The average molecular weight is 327 g/mol. The molecule has 0 spiro atoms. The molecule has 0 bridgehead atoms. The van der Waals surface area contributed by atoms with Crippen molar-refractivity contribution in [2.75, 3.05) is 25.6 Å². The van der Waals surface area contributed by atoms with Gasteiger partial charge in [0.25, 0.3) is 5.91 Å². The van der Waals surface area contributed by atoms with E-state index in [1.807, 2.05) is 11.4 Å². The SMILES string of the molecule is O=C(NCCCOCCCl)c1csc(Br)c1. The second-order valence-corrected chi connectivity index (χ2v) is 5.72. The first-order chi connectivity index (χ1) is 7.74. The van der Waals surface area contributed by atoms with Gasteiger partial charge in [-0.1, -0.05) is 0 Å². The number of thiophene rings is 1. The quantitative estimate of drug-likeness (QED) is 0.618. The van der Waals surface area contributed by atoms with Crippen LogP contribution < -0.4 is 5.32 Å². The second kappa shape index (κ2) is 8.06. The summed E-state index contributed by atoms with van der Waals surface area (Å²) < 4.78 is 6.15. The van der Waals surface area contributed by atoms with E-state index >= 15 is 0 Å². The first-order valence-electron chi connectivity index (χ1n) is 4.90. The predicted octanol–water partition coefficient (Wildman–Crippen LogP) is 2.89. The topological polar surface area (TPSA) is 38.3 Å². The number of halogens is 2. The van der Waals surface area contributed by atoms with Gasteiger partial charge in [-0.3, -0.25) is 4.79 Å². The van der Waals surface area contributed by atoms with Crippen molar-refractivity contribution in [3.63, 3.8) is 0 Å². The molecule has 6 heteroatoms. The summed E-state index contributed by atoms with van der Waals surface area (Å²) in [5, 5.41) is 4.65.